The van der Waals surface area contributed by atoms with Crippen LogP contribution < -0.4 is 15.4 Å². The first kappa shape index (κ1) is 55.0. The molecule has 380 valence electrons. The van der Waals surface area contributed by atoms with Gasteiger partial charge in [-0.15, -0.1) is 0 Å². The van der Waals surface area contributed by atoms with Gasteiger partial charge in [0.1, 0.15) is 53.2 Å². The van der Waals surface area contributed by atoms with Crippen molar-refractivity contribution in [3.63, 3.8) is 0 Å². The van der Waals surface area contributed by atoms with Gasteiger partial charge in [0.25, 0.3) is 5.92 Å². The Hall–Kier alpha value is -5.98. The summed E-state index contributed by atoms with van der Waals surface area (Å²) in [4.78, 5) is 35.0. The van der Waals surface area contributed by atoms with E-state index in [2.05, 4.69) is 32.2 Å². The predicted molar refractivity (Wildman–Crippen MR) is 235 cm³/mol. The van der Waals surface area contributed by atoms with Crippen molar-refractivity contribution in [1.29, 1.82) is 0 Å². The number of amides is 2. The molecule has 5 rings (SSSR count). The van der Waals surface area contributed by atoms with Crippen molar-refractivity contribution < 1.29 is 80.2 Å². The minimum Gasteiger partial charge on any atom is -0.446 e. The normalized spacial score (nSPS) is 17.3. The van der Waals surface area contributed by atoms with Gasteiger partial charge in [-0.3, -0.25) is 14.5 Å². The summed E-state index contributed by atoms with van der Waals surface area (Å²) in [5, 5.41) is 14.3. The summed E-state index contributed by atoms with van der Waals surface area (Å²) in [5.74, 6) is -5.16. The Bertz CT molecular complexity index is 3070. The predicted octanol–water partition coefficient (Wildman–Crippen LogP) is 6.95. The van der Waals surface area contributed by atoms with Crippen LogP contribution in [0.1, 0.15) is 50.2 Å². The SMILES string of the molecule is C[C@H]1CC(F)(F)C(=NCC(=O)N[C@@H](Cc2cc(F)cc(F)c2)c2nc(C#CC(C)(C)S(C)(=O)=O)ccc2-c2ccc(Cl)c3c(N(C(=O)OCCO)S(C)(=O)=O)nn(CC(F)(F)F)c23)C1=C(N)C(F)(F)F. The lowest BCUT2D eigenvalue weighted by Crippen LogP contribution is -2.37. The van der Waals surface area contributed by atoms with Crippen LogP contribution in [-0.4, -0.2) is 110 Å². The summed E-state index contributed by atoms with van der Waals surface area (Å²) in [5.41, 5.74) is -1.63. The molecule has 1 fully saturated rings. The number of carbonyl (C=O) groups is 2. The van der Waals surface area contributed by atoms with Crippen molar-refractivity contribution in [2.75, 3.05) is 36.6 Å². The van der Waals surface area contributed by atoms with E-state index in [9.17, 15) is 66.7 Å². The maximum Gasteiger partial charge on any atom is 0.431 e. The lowest BCUT2D eigenvalue weighted by atomic mass is 9.93. The van der Waals surface area contributed by atoms with Gasteiger partial charge >= 0.3 is 18.4 Å². The van der Waals surface area contributed by atoms with Gasteiger partial charge < -0.3 is 20.9 Å². The Morgan fingerprint density at radius 2 is 1.66 bits per heavy atom. The average Bonchev–Trinajstić information content (AvgIpc) is 3.67. The number of aliphatic hydroxyl groups is 1. The van der Waals surface area contributed by atoms with Crippen LogP contribution in [-0.2, 0) is 42.4 Å². The van der Waals surface area contributed by atoms with Crippen LogP contribution in [0.2, 0.25) is 5.02 Å². The van der Waals surface area contributed by atoms with Gasteiger partial charge in [-0.2, -0.15) is 44.5 Å². The third-order valence-corrected chi connectivity index (χ3v) is 13.7. The Morgan fingerprint density at radius 1 is 1.04 bits per heavy atom. The Morgan fingerprint density at radius 3 is 2.21 bits per heavy atom. The molecule has 28 heteroatoms. The fourth-order valence-electron chi connectivity index (χ4n) is 7.15. The first-order chi connectivity index (χ1) is 32.1. The van der Waals surface area contributed by atoms with Gasteiger partial charge in [-0.05, 0) is 68.0 Å². The lowest BCUT2D eigenvalue weighted by molar-refractivity contribution is -0.141. The number of halogens is 11. The highest BCUT2D eigenvalue weighted by Crippen LogP contribution is 2.45. The number of sulfone groups is 1. The Labute approximate surface area is 397 Å². The number of fused-ring (bicyclic) bond motifs is 1. The number of hydrogen-bond donors (Lipinski definition) is 3. The van der Waals surface area contributed by atoms with Crippen LogP contribution >= 0.6 is 11.6 Å². The molecule has 1 aliphatic carbocycles. The maximum absolute atomic E-state index is 15.2. The van der Waals surface area contributed by atoms with Gasteiger partial charge in [-0.1, -0.05) is 30.5 Å². The van der Waals surface area contributed by atoms with E-state index < -0.39 is 162 Å². The summed E-state index contributed by atoms with van der Waals surface area (Å²) in [6.07, 6.45) is -12.7. The number of allylic oxidation sites excluding steroid dienone is 2. The molecule has 70 heavy (non-hydrogen) atoms. The monoisotopic (exact) mass is 1060 g/mol. The van der Waals surface area contributed by atoms with Crippen molar-refractivity contribution in [3.8, 4) is 23.0 Å². The molecule has 15 nitrogen and oxygen atoms in total. The molecule has 2 atom stereocenters. The standard InChI is InChI=1S/C42H40ClF10N7O8S2/c1-21-18-40(46,47)36(31(21)35(54)42(51,52)53)55-19-30(62)57-29(16-22-14-23(44)17-24(45)15-22)33-26(7-6-25(56-33)10-11-39(2,3)69(4,64)65)27-8-9-28(43)32-34(27)59(20-41(48,49)50)58-37(32)60(70(5,66)67)38(63)68-13-12-61/h6-9,14-15,17,21,29,61H,12-13,16,18-20,54H2,1-5H3,(H,57,62)/t21-,29-/m0/s1. The highest BCUT2D eigenvalue weighted by Gasteiger charge is 2.52. The summed E-state index contributed by atoms with van der Waals surface area (Å²) >= 11 is 6.54. The molecule has 2 aromatic carbocycles. The zero-order valence-corrected chi connectivity index (χ0v) is 39.4. The average molecular weight is 1060 g/mol. The van der Waals surface area contributed by atoms with E-state index in [1.807, 2.05) is 0 Å². The van der Waals surface area contributed by atoms with E-state index in [-0.39, 0.29) is 31.4 Å². The van der Waals surface area contributed by atoms with E-state index in [1.54, 1.807) is 0 Å². The highest BCUT2D eigenvalue weighted by atomic mass is 35.5. The van der Waals surface area contributed by atoms with Crippen LogP contribution in [0.15, 0.2) is 58.7 Å². The van der Waals surface area contributed by atoms with E-state index in [0.29, 0.717) is 12.3 Å². The number of nitrogens with zero attached hydrogens (tertiary/aromatic N) is 5. The molecule has 1 aliphatic rings. The van der Waals surface area contributed by atoms with Gasteiger partial charge in [-0.25, -0.2) is 35.4 Å². The van der Waals surface area contributed by atoms with Crippen LogP contribution in [0.5, 0.6) is 0 Å². The molecule has 2 amide bonds. The molecular weight excluding hydrogens is 1020 g/mol. The summed E-state index contributed by atoms with van der Waals surface area (Å²) < 4.78 is 199. The second kappa shape index (κ2) is 20.0. The number of aromatic nitrogens is 3. The second-order valence-electron chi connectivity index (χ2n) is 16.3. The van der Waals surface area contributed by atoms with Gasteiger partial charge in [0.2, 0.25) is 15.9 Å². The lowest BCUT2D eigenvalue weighted by Gasteiger charge is -2.23. The number of carbonyl (C=O) groups excluding carboxylic acids is 2. The molecule has 2 aromatic heterocycles. The number of rotatable bonds is 13. The third kappa shape index (κ3) is 12.5. The van der Waals surface area contributed by atoms with Gasteiger partial charge in [0.05, 0.1) is 40.5 Å². The molecule has 1 saturated carbocycles. The molecule has 0 unspecified atom stereocenters. The van der Waals surface area contributed by atoms with Crippen LogP contribution in [0.4, 0.5) is 54.5 Å². The number of aliphatic hydroxyl groups excluding tert-OH is 1. The number of ether oxygens (including phenoxy) is 1. The number of benzene rings is 2. The van der Waals surface area contributed by atoms with Crippen LogP contribution in [0.3, 0.4) is 0 Å². The summed E-state index contributed by atoms with van der Waals surface area (Å²) in [6, 6.07) is 4.61. The van der Waals surface area contributed by atoms with Crippen molar-refractivity contribution in [2.45, 2.75) is 69.2 Å². The fourth-order valence-corrected chi connectivity index (χ4v) is 8.39. The zero-order valence-electron chi connectivity index (χ0n) is 37.0. The third-order valence-electron chi connectivity index (χ3n) is 10.5. The minimum atomic E-state index is -5.29. The maximum atomic E-state index is 15.2. The summed E-state index contributed by atoms with van der Waals surface area (Å²) in [6.45, 7) is -1.47. The van der Waals surface area contributed by atoms with Crippen LogP contribution in [0.25, 0.3) is 22.0 Å². The van der Waals surface area contributed by atoms with Crippen molar-refractivity contribution in [3.05, 3.63) is 87.3 Å². The molecule has 4 N–H and O–H groups in total. The Balaban J connectivity index is 1.86. The van der Waals surface area contributed by atoms with Crippen molar-refractivity contribution in [2.24, 2.45) is 16.6 Å². The topological polar surface area (TPSA) is 216 Å². The van der Waals surface area contributed by atoms with E-state index in [0.717, 1.165) is 49.6 Å². The van der Waals surface area contributed by atoms with Gasteiger partial charge in [0, 0.05) is 35.4 Å². The molecule has 2 heterocycles. The van der Waals surface area contributed by atoms with Crippen molar-refractivity contribution >= 4 is 65.9 Å². The van der Waals surface area contributed by atoms with E-state index in [1.165, 1.54) is 13.8 Å². The molecule has 0 bridgehead atoms. The van der Waals surface area contributed by atoms with Crippen LogP contribution in [0, 0.1) is 29.4 Å². The number of nitrogens with two attached hydrogens (primary N) is 1. The smallest absolute Gasteiger partial charge is 0.431 e. The van der Waals surface area contributed by atoms with E-state index >= 15 is 8.78 Å². The number of nitrogens with one attached hydrogen (secondary N) is 1. The quantitative estimate of drug-likeness (QED) is 0.0920. The number of pyridine rings is 1. The zero-order chi connectivity index (χ0) is 52.7. The number of sulfonamides is 1. The number of anilines is 1. The first-order valence-electron chi connectivity index (χ1n) is 20.1. The fraction of sp³-hybridized carbons (Fsp3) is 0.405. The minimum absolute atomic E-state index is 0.129. The Kier molecular flexibility index (Phi) is 15.7. The number of aliphatic imine (C=N–C) groups is 1. The highest BCUT2D eigenvalue weighted by molar-refractivity contribution is 7.93. The number of alkyl halides is 8. The molecule has 0 spiro atoms. The number of hydrogen-bond acceptors (Lipinski definition) is 12. The summed E-state index contributed by atoms with van der Waals surface area (Å²) in [7, 11) is -8.76. The molecule has 0 aliphatic heterocycles. The molecular formula is C42H40ClF10N7O8S2. The van der Waals surface area contributed by atoms with Crippen molar-refractivity contribution in [1.82, 2.24) is 20.1 Å². The first-order valence-corrected chi connectivity index (χ1v) is 24.2. The molecule has 4 aromatic rings. The van der Waals surface area contributed by atoms with E-state index in [4.69, 9.17) is 22.1 Å². The molecule has 0 radical (unpaired) electrons. The van der Waals surface area contributed by atoms with Gasteiger partial charge in [0.15, 0.2) is 15.7 Å². The second-order valence-corrected chi connectivity index (χ2v) is 21.1. The largest absolute Gasteiger partial charge is 0.446 e. The molecule has 0 saturated heterocycles.